The molecule has 6 rings (SSSR count). The number of halogens is 1. The largest absolute Gasteiger partial charge is 0.372 e. The lowest BCUT2D eigenvalue weighted by molar-refractivity contribution is -0.0432. The summed E-state index contributed by atoms with van der Waals surface area (Å²) < 4.78 is 27.5. The third-order valence-electron chi connectivity index (χ3n) is 6.60. The van der Waals surface area contributed by atoms with Crippen LogP contribution in [-0.2, 0) is 17.7 Å². The van der Waals surface area contributed by atoms with Gasteiger partial charge in [-0.3, -0.25) is 9.98 Å². The molecule has 9 nitrogen and oxygen atoms in total. The number of anilines is 2. The molecule has 2 aromatic heterocycles. The van der Waals surface area contributed by atoms with Gasteiger partial charge in [0.2, 0.25) is 5.58 Å². The summed E-state index contributed by atoms with van der Waals surface area (Å²) in [6.07, 6.45) is 7.73. The molecule has 0 unspecified atom stereocenters. The number of rotatable bonds is 3. The van der Waals surface area contributed by atoms with Gasteiger partial charge in [0, 0.05) is 25.2 Å². The Morgan fingerprint density at radius 1 is 1.31 bits per heavy atom. The summed E-state index contributed by atoms with van der Waals surface area (Å²) in [6.45, 7) is 5.53. The quantitative estimate of drug-likeness (QED) is 0.653. The zero-order valence-corrected chi connectivity index (χ0v) is 17.9. The van der Waals surface area contributed by atoms with Gasteiger partial charge in [0.15, 0.2) is 11.6 Å². The van der Waals surface area contributed by atoms with Crippen LogP contribution < -0.4 is 10.2 Å². The first kappa shape index (κ1) is 19.4. The Morgan fingerprint density at radius 3 is 2.94 bits per heavy atom. The SMILES string of the molecule is C[C@@H]1CN2c3c(cc4c(NCc5cnc[nH]5)noc4c3F)CC3(C=NCN=C3)[C@H]2[C@H](C)O1. The minimum Gasteiger partial charge on any atom is -0.372 e. The van der Waals surface area contributed by atoms with E-state index in [9.17, 15) is 0 Å². The van der Waals surface area contributed by atoms with Gasteiger partial charge in [0.25, 0.3) is 0 Å². The first-order valence-electron chi connectivity index (χ1n) is 10.8. The van der Waals surface area contributed by atoms with E-state index in [4.69, 9.17) is 9.26 Å². The molecule has 1 aromatic carbocycles. The van der Waals surface area contributed by atoms with Crippen LogP contribution in [0.2, 0.25) is 0 Å². The molecule has 32 heavy (non-hydrogen) atoms. The Balaban J connectivity index is 1.47. The summed E-state index contributed by atoms with van der Waals surface area (Å²) in [5.41, 5.74) is 2.06. The van der Waals surface area contributed by atoms with E-state index in [0.29, 0.717) is 43.1 Å². The van der Waals surface area contributed by atoms with Crippen LogP contribution in [0.5, 0.6) is 0 Å². The fourth-order valence-electron chi connectivity index (χ4n) is 5.48. The van der Waals surface area contributed by atoms with E-state index in [2.05, 4.69) is 35.3 Å². The number of benzene rings is 1. The number of ether oxygens (including phenoxy) is 1. The van der Waals surface area contributed by atoms with Crippen LogP contribution in [0.25, 0.3) is 11.0 Å². The maximum Gasteiger partial charge on any atom is 0.206 e. The Bertz CT molecular complexity index is 1210. The summed E-state index contributed by atoms with van der Waals surface area (Å²) in [4.78, 5) is 18.1. The number of nitrogens with zero attached hydrogens (tertiary/aromatic N) is 5. The van der Waals surface area contributed by atoms with Gasteiger partial charge in [-0.2, -0.15) is 0 Å². The summed E-state index contributed by atoms with van der Waals surface area (Å²) in [6, 6.07) is 1.88. The Hall–Kier alpha value is -3.27. The zero-order chi connectivity index (χ0) is 21.9. The molecule has 1 saturated heterocycles. The molecule has 3 aromatic rings. The molecule has 1 fully saturated rings. The van der Waals surface area contributed by atoms with Crippen LogP contribution in [0.3, 0.4) is 0 Å². The highest BCUT2D eigenvalue weighted by molar-refractivity contribution is 5.97. The molecular formula is C22H24FN7O2. The van der Waals surface area contributed by atoms with Gasteiger partial charge < -0.3 is 24.5 Å². The van der Waals surface area contributed by atoms with Crippen molar-refractivity contribution in [3.63, 3.8) is 0 Å². The highest BCUT2D eigenvalue weighted by atomic mass is 19.1. The van der Waals surface area contributed by atoms with Crippen molar-refractivity contribution in [1.82, 2.24) is 15.1 Å². The van der Waals surface area contributed by atoms with Gasteiger partial charge >= 0.3 is 0 Å². The molecule has 1 spiro atoms. The first-order valence-corrected chi connectivity index (χ1v) is 10.8. The van der Waals surface area contributed by atoms with Gasteiger partial charge in [-0.25, -0.2) is 9.37 Å². The predicted octanol–water partition coefficient (Wildman–Crippen LogP) is 2.94. The number of aromatic amines is 1. The van der Waals surface area contributed by atoms with Crippen LogP contribution in [0.4, 0.5) is 15.9 Å². The summed E-state index contributed by atoms with van der Waals surface area (Å²) in [5, 5.41) is 7.94. The van der Waals surface area contributed by atoms with E-state index in [1.807, 2.05) is 32.3 Å². The van der Waals surface area contributed by atoms with E-state index in [0.717, 1.165) is 11.3 Å². The number of H-pyrrole nitrogens is 1. The first-order chi connectivity index (χ1) is 15.6. The monoisotopic (exact) mass is 437 g/mol. The third-order valence-corrected chi connectivity index (χ3v) is 6.60. The van der Waals surface area contributed by atoms with E-state index in [-0.39, 0.29) is 29.7 Å². The predicted molar refractivity (Wildman–Crippen MR) is 119 cm³/mol. The molecular weight excluding hydrogens is 413 g/mol. The minimum atomic E-state index is -0.453. The molecule has 2 N–H and O–H groups in total. The second-order valence-electron chi connectivity index (χ2n) is 8.84. The highest BCUT2D eigenvalue weighted by Gasteiger charge is 2.52. The molecule has 0 amide bonds. The molecule has 0 aliphatic carbocycles. The summed E-state index contributed by atoms with van der Waals surface area (Å²) in [7, 11) is 0. The van der Waals surface area contributed by atoms with Crippen molar-refractivity contribution in [3.05, 3.63) is 35.7 Å². The van der Waals surface area contributed by atoms with E-state index in [1.54, 1.807) is 12.5 Å². The number of imidazole rings is 1. The highest BCUT2D eigenvalue weighted by Crippen LogP contribution is 2.47. The summed E-state index contributed by atoms with van der Waals surface area (Å²) >= 11 is 0. The molecule has 5 heterocycles. The van der Waals surface area contributed by atoms with Crippen molar-refractivity contribution >= 4 is 34.9 Å². The van der Waals surface area contributed by atoms with Crippen LogP contribution in [0.15, 0.2) is 33.1 Å². The van der Waals surface area contributed by atoms with Crippen LogP contribution >= 0.6 is 0 Å². The number of fused-ring (bicyclic) bond motifs is 5. The van der Waals surface area contributed by atoms with Gasteiger partial charge in [-0.1, -0.05) is 5.16 Å². The number of aliphatic imine (C=N–C) groups is 2. The number of morpholine rings is 1. The van der Waals surface area contributed by atoms with Crippen molar-refractivity contribution in [2.75, 3.05) is 23.4 Å². The Labute approximate surface area is 183 Å². The minimum absolute atomic E-state index is 0.0295. The molecule has 3 atom stereocenters. The molecule has 3 aliphatic rings. The third kappa shape index (κ3) is 2.85. The van der Waals surface area contributed by atoms with Crippen molar-refractivity contribution in [1.29, 1.82) is 0 Å². The molecule has 10 heteroatoms. The fourth-order valence-corrected chi connectivity index (χ4v) is 5.48. The number of hydrogen-bond donors (Lipinski definition) is 2. The van der Waals surface area contributed by atoms with E-state index >= 15 is 4.39 Å². The van der Waals surface area contributed by atoms with Crippen molar-refractivity contribution in [3.8, 4) is 0 Å². The second kappa shape index (κ2) is 7.13. The molecule has 0 bridgehead atoms. The van der Waals surface area contributed by atoms with Gasteiger partial charge in [-0.05, 0) is 31.9 Å². The van der Waals surface area contributed by atoms with Crippen molar-refractivity contribution < 1.29 is 13.7 Å². The van der Waals surface area contributed by atoms with E-state index in [1.165, 1.54) is 0 Å². The maximum atomic E-state index is 15.9. The zero-order valence-electron chi connectivity index (χ0n) is 17.9. The maximum absolute atomic E-state index is 15.9. The van der Waals surface area contributed by atoms with Crippen LogP contribution in [0.1, 0.15) is 25.1 Å². The molecule has 0 radical (unpaired) electrons. The molecule has 3 aliphatic heterocycles. The number of hydrogen-bond acceptors (Lipinski definition) is 8. The lowest BCUT2D eigenvalue weighted by atomic mass is 9.69. The molecule has 0 saturated carbocycles. The van der Waals surface area contributed by atoms with Crippen LogP contribution in [0, 0.1) is 11.2 Å². The average Bonchev–Trinajstić information content (AvgIpc) is 3.42. The Kier molecular flexibility index (Phi) is 4.32. The van der Waals surface area contributed by atoms with Gasteiger partial charge in [0.1, 0.15) is 6.67 Å². The fraction of sp³-hybridized carbons (Fsp3) is 0.455. The van der Waals surface area contributed by atoms with Crippen LogP contribution in [-0.4, -0.2) is 59.0 Å². The second-order valence-corrected chi connectivity index (χ2v) is 8.84. The van der Waals surface area contributed by atoms with Gasteiger partial charge in [0.05, 0.1) is 53.3 Å². The molecule has 166 valence electrons. The standard InChI is InChI=1S/C22H24FN7O2/c1-12-7-30-18-14(4-22(8-25-10-26-9-22)20(30)13(2)31-12)3-16-19(17(18)23)32-29-21(16)27-6-15-5-24-11-28-15/h3,5,8-9,11-13,20H,4,6-7,10H2,1-2H3,(H,24,28)(H,27,29)/t12-,13+,20-/m1/s1. The van der Waals surface area contributed by atoms with E-state index < -0.39 is 5.41 Å². The van der Waals surface area contributed by atoms with Crippen molar-refractivity contribution in [2.45, 2.75) is 45.1 Å². The normalized spacial score (nSPS) is 25.8. The number of aromatic nitrogens is 3. The number of nitrogens with one attached hydrogen (secondary N) is 2. The lowest BCUT2D eigenvalue weighted by Gasteiger charge is -2.54. The average molecular weight is 437 g/mol. The Morgan fingerprint density at radius 2 is 2.16 bits per heavy atom. The topological polar surface area (TPSA) is 104 Å². The smallest absolute Gasteiger partial charge is 0.206 e. The van der Waals surface area contributed by atoms with Crippen molar-refractivity contribution in [2.24, 2.45) is 15.4 Å². The summed E-state index contributed by atoms with van der Waals surface area (Å²) in [5.74, 6) is 0.118. The van der Waals surface area contributed by atoms with Gasteiger partial charge in [-0.15, -0.1) is 0 Å². The lowest BCUT2D eigenvalue weighted by Crippen LogP contribution is -2.65.